The molecule has 0 aliphatic heterocycles. The Morgan fingerprint density at radius 1 is 1.47 bits per heavy atom. The van der Waals surface area contributed by atoms with Crippen molar-refractivity contribution in [3.05, 3.63) is 35.6 Å². The molecular formula is C13H14O2. The maximum absolute atomic E-state index is 10.6. The van der Waals surface area contributed by atoms with Crippen LogP contribution in [0.2, 0.25) is 0 Å². The lowest BCUT2D eigenvalue weighted by molar-refractivity contribution is 0.110. The third-order valence-corrected chi connectivity index (χ3v) is 2.85. The largest absolute Gasteiger partial charge is 0.453 e. The highest BCUT2D eigenvalue weighted by Crippen LogP contribution is 2.29. The Labute approximate surface area is 88.9 Å². The van der Waals surface area contributed by atoms with Gasteiger partial charge in [0.2, 0.25) is 0 Å². The molecule has 1 heterocycles. The van der Waals surface area contributed by atoms with Gasteiger partial charge >= 0.3 is 0 Å². The quantitative estimate of drug-likeness (QED) is 0.709. The standard InChI is InChI=1S/C13H14O2/c1-3-9(2)12-6-4-5-10-7-11(8-14)15-13(10)12/h4-9H,3H2,1-2H3. The minimum Gasteiger partial charge on any atom is -0.453 e. The summed E-state index contributed by atoms with van der Waals surface area (Å²) in [5.74, 6) is 0.861. The van der Waals surface area contributed by atoms with Gasteiger partial charge < -0.3 is 4.42 Å². The van der Waals surface area contributed by atoms with Crippen LogP contribution in [0.4, 0.5) is 0 Å². The zero-order valence-corrected chi connectivity index (χ0v) is 8.99. The van der Waals surface area contributed by atoms with Crippen LogP contribution in [-0.2, 0) is 0 Å². The van der Waals surface area contributed by atoms with Crippen LogP contribution >= 0.6 is 0 Å². The second-order valence-corrected chi connectivity index (χ2v) is 3.84. The first-order valence-electron chi connectivity index (χ1n) is 5.24. The zero-order chi connectivity index (χ0) is 10.8. The third kappa shape index (κ3) is 1.67. The average molecular weight is 202 g/mol. The number of benzene rings is 1. The van der Waals surface area contributed by atoms with E-state index < -0.39 is 0 Å². The van der Waals surface area contributed by atoms with E-state index in [1.54, 1.807) is 6.07 Å². The first-order chi connectivity index (χ1) is 7.26. The predicted molar refractivity (Wildman–Crippen MR) is 60.3 cm³/mol. The van der Waals surface area contributed by atoms with Crippen molar-refractivity contribution in [1.29, 1.82) is 0 Å². The van der Waals surface area contributed by atoms with Crippen LogP contribution in [0, 0.1) is 0 Å². The fraction of sp³-hybridized carbons (Fsp3) is 0.308. The lowest BCUT2D eigenvalue weighted by Gasteiger charge is -2.08. The topological polar surface area (TPSA) is 30.2 Å². The third-order valence-electron chi connectivity index (χ3n) is 2.85. The van der Waals surface area contributed by atoms with E-state index in [1.807, 2.05) is 12.1 Å². The molecule has 0 spiro atoms. The highest BCUT2D eigenvalue weighted by molar-refractivity contribution is 5.87. The second-order valence-electron chi connectivity index (χ2n) is 3.84. The molecular weight excluding hydrogens is 188 g/mol. The molecule has 0 aliphatic carbocycles. The minimum absolute atomic E-state index is 0.403. The smallest absolute Gasteiger partial charge is 0.185 e. The number of rotatable bonds is 3. The van der Waals surface area contributed by atoms with E-state index in [0.29, 0.717) is 11.7 Å². The summed E-state index contributed by atoms with van der Waals surface area (Å²) in [7, 11) is 0. The molecule has 0 N–H and O–H groups in total. The van der Waals surface area contributed by atoms with Crippen molar-refractivity contribution in [2.75, 3.05) is 0 Å². The molecule has 78 valence electrons. The van der Waals surface area contributed by atoms with Crippen molar-refractivity contribution in [2.45, 2.75) is 26.2 Å². The van der Waals surface area contributed by atoms with Crippen molar-refractivity contribution in [3.8, 4) is 0 Å². The predicted octanol–water partition coefficient (Wildman–Crippen LogP) is 3.76. The fourth-order valence-corrected chi connectivity index (χ4v) is 1.77. The van der Waals surface area contributed by atoms with Gasteiger partial charge in [0.25, 0.3) is 0 Å². The Kier molecular flexibility index (Phi) is 2.58. The molecule has 0 saturated carbocycles. The molecule has 1 unspecified atom stereocenters. The molecule has 0 radical (unpaired) electrons. The van der Waals surface area contributed by atoms with E-state index in [1.165, 1.54) is 5.56 Å². The van der Waals surface area contributed by atoms with Gasteiger partial charge in [0.1, 0.15) is 5.58 Å². The Morgan fingerprint density at radius 2 is 2.27 bits per heavy atom. The number of hydrogen-bond donors (Lipinski definition) is 0. The SMILES string of the molecule is CCC(C)c1cccc2cc(C=O)oc12. The molecule has 2 nitrogen and oxygen atoms in total. The molecule has 2 rings (SSSR count). The lowest BCUT2D eigenvalue weighted by Crippen LogP contribution is -1.90. The molecule has 1 aromatic heterocycles. The summed E-state index contributed by atoms with van der Waals surface area (Å²) < 4.78 is 5.50. The van der Waals surface area contributed by atoms with Gasteiger partial charge in [-0.15, -0.1) is 0 Å². The van der Waals surface area contributed by atoms with Crippen LogP contribution in [0.3, 0.4) is 0 Å². The number of furan rings is 1. The Bertz CT molecular complexity index is 482. The summed E-state index contributed by atoms with van der Waals surface area (Å²) in [6, 6.07) is 7.83. The van der Waals surface area contributed by atoms with Crippen LogP contribution in [-0.4, -0.2) is 6.29 Å². The highest BCUT2D eigenvalue weighted by Gasteiger charge is 2.11. The molecule has 2 heteroatoms. The zero-order valence-electron chi connectivity index (χ0n) is 8.99. The van der Waals surface area contributed by atoms with Gasteiger partial charge in [0, 0.05) is 5.39 Å². The van der Waals surface area contributed by atoms with Gasteiger partial charge in [-0.2, -0.15) is 0 Å². The molecule has 2 aromatic rings. The number of hydrogen-bond acceptors (Lipinski definition) is 2. The summed E-state index contributed by atoms with van der Waals surface area (Å²) in [6.07, 6.45) is 1.82. The van der Waals surface area contributed by atoms with Gasteiger partial charge in [-0.1, -0.05) is 32.0 Å². The van der Waals surface area contributed by atoms with E-state index in [9.17, 15) is 4.79 Å². The monoisotopic (exact) mass is 202 g/mol. The fourth-order valence-electron chi connectivity index (χ4n) is 1.77. The maximum atomic E-state index is 10.6. The van der Waals surface area contributed by atoms with E-state index in [4.69, 9.17) is 4.42 Å². The summed E-state index contributed by atoms with van der Waals surface area (Å²) >= 11 is 0. The van der Waals surface area contributed by atoms with Gasteiger partial charge in [0.15, 0.2) is 12.0 Å². The first-order valence-corrected chi connectivity index (χ1v) is 5.24. The Balaban J connectivity index is 2.63. The molecule has 1 aromatic carbocycles. The Hall–Kier alpha value is -1.57. The van der Waals surface area contributed by atoms with Crippen molar-refractivity contribution >= 4 is 17.3 Å². The Morgan fingerprint density at radius 3 is 2.93 bits per heavy atom. The molecule has 0 bridgehead atoms. The average Bonchev–Trinajstić information content (AvgIpc) is 2.70. The number of para-hydroxylation sites is 1. The van der Waals surface area contributed by atoms with E-state index in [-0.39, 0.29) is 0 Å². The van der Waals surface area contributed by atoms with E-state index >= 15 is 0 Å². The highest BCUT2D eigenvalue weighted by atomic mass is 16.3. The molecule has 0 fully saturated rings. The van der Waals surface area contributed by atoms with Gasteiger partial charge in [-0.05, 0) is 24.0 Å². The van der Waals surface area contributed by atoms with Crippen LogP contribution in [0.1, 0.15) is 42.3 Å². The van der Waals surface area contributed by atoms with Gasteiger partial charge in [0.05, 0.1) is 0 Å². The van der Waals surface area contributed by atoms with Crippen LogP contribution in [0.15, 0.2) is 28.7 Å². The molecule has 15 heavy (non-hydrogen) atoms. The molecule has 0 aliphatic rings. The molecule has 0 amide bonds. The lowest BCUT2D eigenvalue weighted by atomic mass is 9.97. The summed E-state index contributed by atoms with van der Waals surface area (Å²) in [6.45, 7) is 4.31. The van der Waals surface area contributed by atoms with Crippen LogP contribution < -0.4 is 0 Å². The number of aldehydes is 1. The minimum atomic E-state index is 0.403. The molecule has 1 atom stereocenters. The van der Waals surface area contributed by atoms with Crippen LogP contribution in [0.25, 0.3) is 11.0 Å². The van der Waals surface area contributed by atoms with Crippen LogP contribution in [0.5, 0.6) is 0 Å². The van der Waals surface area contributed by atoms with E-state index in [2.05, 4.69) is 19.9 Å². The first kappa shape index (κ1) is 9.97. The van der Waals surface area contributed by atoms with Crippen molar-refractivity contribution < 1.29 is 9.21 Å². The number of fused-ring (bicyclic) bond motifs is 1. The van der Waals surface area contributed by atoms with Crippen molar-refractivity contribution in [3.63, 3.8) is 0 Å². The normalized spacial score (nSPS) is 12.9. The van der Waals surface area contributed by atoms with E-state index in [0.717, 1.165) is 23.7 Å². The summed E-state index contributed by atoms with van der Waals surface area (Å²) in [5.41, 5.74) is 2.04. The van der Waals surface area contributed by atoms with Gasteiger partial charge in [-0.3, -0.25) is 4.79 Å². The molecule has 0 saturated heterocycles. The van der Waals surface area contributed by atoms with Crippen molar-refractivity contribution in [1.82, 2.24) is 0 Å². The van der Waals surface area contributed by atoms with Gasteiger partial charge in [-0.25, -0.2) is 0 Å². The number of carbonyl (C=O) groups is 1. The van der Waals surface area contributed by atoms with Crippen molar-refractivity contribution in [2.24, 2.45) is 0 Å². The summed E-state index contributed by atoms with van der Waals surface area (Å²) in [5, 5.41) is 1.01. The number of carbonyl (C=O) groups excluding carboxylic acids is 1. The summed E-state index contributed by atoms with van der Waals surface area (Å²) in [4.78, 5) is 10.6. The maximum Gasteiger partial charge on any atom is 0.185 e. The second kappa shape index (κ2) is 3.89.